The van der Waals surface area contributed by atoms with E-state index in [9.17, 15) is 4.39 Å². The average Bonchev–Trinajstić information content (AvgIpc) is 2.94. The van der Waals surface area contributed by atoms with Gasteiger partial charge in [-0.3, -0.25) is 9.25 Å². The largest absolute Gasteiger partial charge is 0.278 e. The third-order valence-corrected chi connectivity index (χ3v) is 3.49. The van der Waals surface area contributed by atoms with E-state index in [0.29, 0.717) is 22.7 Å². The van der Waals surface area contributed by atoms with Crippen LogP contribution < -0.4 is 0 Å². The van der Waals surface area contributed by atoms with Crippen molar-refractivity contribution in [3.8, 4) is 5.82 Å². The Labute approximate surface area is 124 Å². The monoisotopic (exact) mass is 312 g/mol. The number of fused-ring (bicyclic) bond motifs is 1. The maximum atomic E-state index is 13.6. The quantitative estimate of drug-likeness (QED) is 0.674. The molecule has 0 spiro atoms. The highest BCUT2D eigenvalue weighted by Gasteiger charge is 2.19. The summed E-state index contributed by atoms with van der Waals surface area (Å²) in [6.07, 6.45) is 1.81. The molecule has 0 bridgehead atoms. The van der Waals surface area contributed by atoms with Crippen LogP contribution in [0.5, 0.6) is 0 Å². The number of hydrogen-bond donors (Lipinski definition) is 0. The number of alkyl halides is 1. The molecule has 104 valence electrons. The predicted octanol–water partition coefficient (Wildman–Crippen LogP) is 3.85. The van der Waals surface area contributed by atoms with Crippen LogP contribution in [-0.4, -0.2) is 19.3 Å². The highest BCUT2D eigenvalue weighted by atomic mass is 35.5. The molecule has 0 N–H and O–H groups in total. The minimum absolute atomic E-state index is 0.0448. The van der Waals surface area contributed by atoms with Crippen LogP contribution in [0.15, 0.2) is 24.4 Å². The van der Waals surface area contributed by atoms with E-state index in [-0.39, 0.29) is 10.4 Å². The summed E-state index contributed by atoms with van der Waals surface area (Å²) in [5.74, 6) is 0.765. The van der Waals surface area contributed by atoms with Crippen molar-refractivity contribution in [3.05, 3.63) is 41.1 Å². The summed E-state index contributed by atoms with van der Waals surface area (Å²) < 4.78 is 17.0. The van der Waals surface area contributed by atoms with Gasteiger partial charge in [0.2, 0.25) is 0 Å². The number of imidazole rings is 1. The van der Waals surface area contributed by atoms with Crippen LogP contribution in [0.2, 0.25) is 5.02 Å². The second-order valence-electron chi connectivity index (χ2n) is 4.52. The molecule has 0 saturated heterocycles. The average molecular weight is 313 g/mol. The first-order chi connectivity index (χ1) is 9.47. The molecule has 1 unspecified atom stereocenters. The molecule has 20 heavy (non-hydrogen) atoms. The van der Waals surface area contributed by atoms with Gasteiger partial charge in [-0.1, -0.05) is 11.6 Å². The minimum atomic E-state index is -0.501. The van der Waals surface area contributed by atoms with Gasteiger partial charge in [0.25, 0.3) is 0 Å². The molecular formula is C13H11Cl2FN4. The molecule has 0 saturated carbocycles. The molecule has 0 aliphatic heterocycles. The Morgan fingerprint density at radius 3 is 2.70 bits per heavy atom. The Kier molecular flexibility index (Phi) is 3.18. The minimum Gasteiger partial charge on any atom is -0.278 e. The smallest absolute Gasteiger partial charge is 0.160 e. The van der Waals surface area contributed by atoms with Crippen LogP contribution in [0.25, 0.3) is 16.9 Å². The van der Waals surface area contributed by atoms with Gasteiger partial charge in [0.1, 0.15) is 11.6 Å². The lowest BCUT2D eigenvalue weighted by molar-refractivity contribution is 0.630. The molecule has 0 fully saturated rings. The van der Waals surface area contributed by atoms with Gasteiger partial charge in [-0.15, -0.1) is 11.6 Å². The predicted molar refractivity (Wildman–Crippen MR) is 77.1 cm³/mol. The number of benzene rings is 1. The van der Waals surface area contributed by atoms with Crippen LogP contribution in [0, 0.1) is 5.82 Å². The van der Waals surface area contributed by atoms with Crippen molar-refractivity contribution in [1.29, 1.82) is 0 Å². The van der Waals surface area contributed by atoms with E-state index >= 15 is 0 Å². The first-order valence-corrected chi connectivity index (χ1v) is 6.80. The molecule has 1 aromatic carbocycles. The maximum Gasteiger partial charge on any atom is 0.160 e. The third-order valence-electron chi connectivity index (χ3n) is 3.01. The van der Waals surface area contributed by atoms with E-state index in [1.807, 2.05) is 19.3 Å². The standard InChI is InChI=1S/C13H11Cl2FN4/c1-7(14)13-17-10-6-9(16)8(15)5-11(10)20(13)12-3-4-19(2)18-12/h3-7H,1-2H3. The molecule has 7 heteroatoms. The van der Waals surface area contributed by atoms with Crippen LogP contribution in [0.1, 0.15) is 18.1 Å². The Hall–Kier alpha value is -1.59. The topological polar surface area (TPSA) is 35.6 Å². The first kappa shape index (κ1) is 13.4. The van der Waals surface area contributed by atoms with E-state index in [1.165, 1.54) is 12.1 Å². The molecule has 0 amide bonds. The zero-order valence-corrected chi connectivity index (χ0v) is 12.3. The highest BCUT2D eigenvalue weighted by molar-refractivity contribution is 6.31. The number of halogens is 3. The fourth-order valence-electron chi connectivity index (χ4n) is 2.12. The van der Waals surface area contributed by atoms with Crippen molar-refractivity contribution < 1.29 is 4.39 Å². The van der Waals surface area contributed by atoms with E-state index in [4.69, 9.17) is 23.2 Å². The van der Waals surface area contributed by atoms with E-state index < -0.39 is 5.82 Å². The lowest BCUT2D eigenvalue weighted by Gasteiger charge is -2.07. The SMILES string of the molecule is CC(Cl)c1nc2cc(F)c(Cl)cc2n1-c1ccn(C)n1. The number of nitrogens with zero attached hydrogens (tertiary/aromatic N) is 4. The second kappa shape index (κ2) is 4.75. The molecule has 0 aliphatic rings. The molecule has 3 rings (SSSR count). The molecule has 2 aromatic heterocycles. The van der Waals surface area contributed by atoms with Crippen LogP contribution in [0.3, 0.4) is 0 Å². The van der Waals surface area contributed by atoms with Gasteiger partial charge in [-0.05, 0) is 13.0 Å². The van der Waals surface area contributed by atoms with Crippen molar-refractivity contribution in [2.24, 2.45) is 7.05 Å². The van der Waals surface area contributed by atoms with Gasteiger partial charge in [0, 0.05) is 25.4 Å². The molecule has 2 heterocycles. The summed E-state index contributed by atoms with van der Waals surface area (Å²) in [5.41, 5.74) is 1.18. The van der Waals surface area contributed by atoms with Gasteiger partial charge in [0.15, 0.2) is 5.82 Å². The summed E-state index contributed by atoms with van der Waals surface area (Å²) in [5, 5.41) is 4.05. The number of aromatic nitrogens is 4. The zero-order chi connectivity index (χ0) is 14.4. The molecular weight excluding hydrogens is 302 g/mol. The Balaban J connectivity index is 2.37. The number of aryl methyl sites for hydroxylation is 1. The normalized spacial score (nSPS) is 13.1. The van der Waals surface area contributed by atoms with Crippen LogP contribution >= 0.6 is 23.2 Å². The Bertz CT molecular complexity index is 791. The molecule has 0 aliphatic carbocycles. The van der Waals surface area contributed by atoms with Gasteiger partial charge < -0.3 is 0 Å². The van der Waals surface area contributed by atoms with Crippen molar-refractivity contribution in [2.75, 3.05) is 0 Å². The van der Waals surface area contributed by atoms with Gasteiger partial charge in [0.05, 0.1) is 21.4 Å². The van der Waals surface area contributed by atoms with Crippen molar-refractivity contribution >= 4 is 34.2 Å². The molecule has 4 nitrogen and oxygen atoms in total. The summed E-state index contributed by atoms with van der Waals surface area (Å²) in [6, 6.07) is 4.68. The number of rotatable bonds is 2. The van der Waals surface area contributed by atoms with Crippen LogP contribution in [-0.2, 0) is 7.05 Å². The van der Waals surface area contributed by atoms with Crippen molar-refractivity contribution in [1.82, 2.24) is 19.3 Å². The van der Waals surface area contributed by atoms with Crippen LogP contribution in [0.4, 0.5) is 4.39 Å². The summed E-state index contributed by atoms with van der Waals surface area (Å²) in [4.78, 5) is 4.38. The Morgan fingerprint density at radius 2 is 2.10 bits per heavy atom. The molecule has 0 radical (unpaired) electrons. The van der Waals surface area contributed by atoms with E-state index in [0.717, 1.165) is 0 Å². The fourth-order valence-corrected chi connectivity index (χ4v) is 2.43. The van der Waals surface area contributed by atoms with Gasteiger partial charge in [-0.25, -0.2) is 9.37 Å². The fraction of sp³-hybridized carbons (Fsp3) is 0.231. The van der Waals surface area contributed by atoms with Crippen molar-refractivity contribution in [3.63, 3.8) is 0 Å². The summed E-state index contributed by atoms with van der Waals surface area (Å²) in [7, 11) is 1.82. The van der Waals surface area contributed by atoms with Gasteiger partial charge >= 0.3 is 0 Å². The molecule has 1 atom stereocenters. The lowest BCUT2D eigenvalue weighted by atomic mass is 10.3. The summed E-state index contributed by atoms with van der Waals surface area (Å²) in [6.45, 7) is 1.81. The number of hydrogen-bond acceptors (Lipinski definition) is 2. The molecule has 3 aromatic rings. The maximum absolute atomic E-state index is 13.6. The second-order valence-corrected chi connectivity index (χ2v) is 5.59. The third kappa shape index (κ3) is 2.07. The lowest BCUT2D eigenvalue weighted by Crippen LogP contribution is -2.03. The van der Waals surface area contributed by atoms with E-state index in [1.54, 1.807) is 16.2 Å². The Morgan fingerprint density at radius 1 is 1.35 bits per heavy atom. The summed E-state index contributed by atoms with van der Waals surface area (Å²) >= 11 is 12.0. The highest BCUT2D eigenvalue weighted by Crippen LogP contribution is 2.30. The first-order valence-electron chi connectivity index (χ1n) is 5.99. The van der Waals surface area contributed by atoms with E-state index in [2.05, 4.69) is 10.1 Å². The van der Waals surface area contributed by atoms with Gasteiger partial charge in [-0.2, -0.15) is 5.10 Å². The van der Waals surface area contributed by atoms with Crippen molar-refractivity contribution in [2.45, 2.75) is 12.3 Å². The zero-order valence-electron chi connectivity index (χ0n) is 10.8.